The molecular weight excluding hydrogens is 519 g/mol. The molecule has 0 aromatic carbocycles. The second-order valence-corrected chi connectivity index (χ2v) is 9.27. The van der Waals surface area contributed by atoms with Crippen molar-refractivity contribution in [2.45, 2.75) is 38.0 Å². The molecule has 0 radical (unpaired) electrons. The van der Waals surface area contributed by atoms with Crippen LogP contribution in [0.2, 0.25) is 0 Å². The van der Waals surface area contributed by atoms with Gasteiger partial charge >= 0.3 is 11.9 Å². The van der Waals surface area contributed by atoms with Crippen LogP contribution in [0.4, 0.5) is 24.9 Å². The molecule has 1 aliphatic heterocycles. The number of carbonyl (C=O) groups is 1. The first-order chi connectivity index (χ1) is 18.5. The number of pyridine rings is 1. The molecule has 4 aromatic rings. The highest BCUT2D eigenvalue weighted by Crippen LogP contribution is 2.34. The van der Waals surface area contributed by atoms with E-state index < -0.39 is 35.4 Å². The van der Waals surface area contributed by atoms with E-state index in [4.69, 9.17) is 0 Å². The summed E-state index contributed by atoms with van der Waals surface area (Å²) in [5.41, 5.74) is -0.0000287. The Morgan fingerprint density at radius 1 is 1.10 bits per heavy atom. The first kappa shape index (κ1) is 26.1. The molecule has 1 saturated heterocycles. The van der Waals surface area contributed by atoms with Crippen molar-refractivity contribution >= 4 is 28.8 Å². The number of anilines is 2. The second-order valence-electron chi connectivity index (χ2n) is 9.27. The van der Waals surface area contributed by atoms with Crippen LogP contribution in [-0.4, -0.2) is 58.3 Å². The molecule has 1 amide bonds. The highest BCUT2D eigenvalue weighted by molar-refractivity contribution is 5.93. The quantitative estimate of drug-likeness (QED) is 0.404. The lowest BCUT2D eigenvalue weighted by Gasteiger charge is -2.26. The van der Waals surface area contributed by atoms with Gasteiger partial charge in [0.25, 0.3) is 5.56 Å². The van der Waals surface area contributed by atoms with Gasteiger partial charge in [0.1, 0.15) is 17.9 Å². The lowest BCUT2D eigenvalue weighted by molar-refractivity contribution is -0.146. The summed E-state index contributed by atoms with van der Waals surface area (Å²) in [5, 5.41) is 2.69. The topological polar surface area (TPSA) is 133 Å². The molecule has 2 atom stereocenters. The Balaban J connectivity index is 1.35. The third-order valence-electron chi connectivity index (χ3n) is 6.79. The molecule has 39 heavy (non-hydrogen) atoms. The summed E-state index contributed by atoms with van der Waals surface area (Å²) in [6.45, 7) is 1.79. The maximum absolute atomic E-state index is 13.3. The number of imidazole rings is 1. The number of hydrogen-bond acceptors (Lipinski definition) is 8. The fourth-order valence-corrected chi connectivity index (χ4v) is 4.63. The smallest absolute Gasteiger partial charge is 0.329 e. The van der Waals surface area contributed by atoms with E-state index in [1.807, 2.05) is 0 Å². The Kier molecular flexibility index (Phi) is 6.44. The van der Waals surface area contributed by atoms with Crippen LogP contribution in [0.25, 0.3) is 22.4 Å². The van der Waals surface area contributed by atoms with Crippen molar-refractivity contribution in [1.29, 1.82) is 0 Å². The number of aromatic nitrogens is 7. The highest BCUT2D eigenvalue weighted by Gasteiger charge is 2.46. The van der Waals surface area contributed by atoms with Crippen molar-refractivity contribution in [3.8, 4) is 11.3 Å². The summed E-state index contributed by atoms with van der Waals surface area (Å²) in [7, 11) is 2.83. The molecule has 1 N–H and O–H groups in total. The third kappa shape index (κ3) is 4.64. The largest absolute Gasteiger partial charge is 0.408 e. The molecule has 0 aliphatic carbocycles. The summed E-state index contributed by atoms with van der Waals surface area (Å²) >= 11 is 0. The Hall–Kier alpha value is -4.56. The number of rotatable bonds is 5. The highest BCUT2D eigenvalue weighted by atomic mass is 19.4. The van der Waals surface area contributed by atoms with E-state index in [1.54, 1.807) is 25.1 Å². The minimum atomic E-state index is -4.36. The van der Waals surface area contributed by atoms with Gasteiger partial charge in [0.05, 0.1) is 12.0 Å². The number of nitrogens with zero attached hydrogens (tertiary/aromatic N) is 8. The number of aryl methyl sites for hydroxylation is 1. The van der Waals surface area contributed by atoms with Crippen LogP contribution >= 0.6 is 0 Å². The first-order valence-corrected chi connectivity index (χ1v) is 12.0. The van der Waals surface area contributed by atoms with Crippen LogP contribution in [0.5, 0.6) is 0 Å². The average molecular weight is 544 g/mol. The maximum Gasteiger partial charge on any atom is 0.408 e. The molecular formula is C24H24F3N9O3. The third-order valence-corrected chi connectivity index (χ3v) is 6.79. The molecule has 0 bridgehead atoms. The Morgan fingerprint density at radius 3 is 2.51 bits per heavy atom. The number of carbonyl (C=O) groups excluding carboxylic acids is 1. The number of fused-ring (bicyclic) bond motifs is 1. The van der Waals surface area contributed by atoms with Crippen LogP contribution in [0, 0.1) is 0 Å². The second kappa shape index (κ2) is 9.63. The Labute approximate surface area is 218 Å². The summed E-state index contributed by atoms with van der Waals surface area (Å²) in [5.74, 6) is -0.295. The lowest BCUT2D eigenvalue weighted by atomic mass is 10.2. The number of nitrogens with one attached hydrogen (secondary N) is 1. The van der Waals surface area contributed by atoms with Crippen LogP contribution in [0.1, 0.15) is 25.8 Å². The van der Waals surface area contributed by atoms with E-state index in [-0.39, 0.29) is 35.9 Å². The number of amides is 1. The average Bonchev–Trinajstić information content (AvgIpc) is 3.59. The predicted molar refractivity (Wildman–Crippen MR) is 135 cm³/mol. The summed E-state index contributed by atoms with van der Waals surface area (Å²) < 4.78 is 43.5. The molecule has 4 aromatic heterocycles. The van der Waals surface area contributed by atoms with Gasteiger partial charge in [0.15, 0.2) is 11.2 Å². The molecule has 12 nitrogen and oxygen atoms in total. The van der Waals surface area contributed by atoms with Gasteiger partial charge < -0.3 is 14.8 Å². The minimum Gasteiger partial charge on any atom is -0.329 e. The van der Waals surface area contributed by atoms with Gasteiger partial charge in [-0.15, -0.1) is 0 Å². The van der Waals surface area contributed by atoms with Gasteiger partial charge in [-0.1, -0.05) is 6.07 Å². The van der Waals surface area contributed by atoms with Gasteiger partial charge in [-0.2, -0.15) is 13.2 Å². The van der Waals surface area contributed by atoms with Crippen molar-refractivity contribution in [2.75, 3.05) is 16.8 Å². The van der Waals surface area contributed by atoms with E-state index in [9.17, 15) is 27.6 Å². The van der Waals surface area contributed by atoms with Gasteiger partial charge in [0, 0.05) is 38.6 Å². The fraction of sp³-hybridized carbons (Fsp3) is 0.375. The molecule has 0 unspecified atom stereocenters. The number of hydrogen-bond donors (Lipinski definition) is 1. The maximum atomic E-state index is 13.3. The van der Waals surface area contributed by atoms with Crippen LogP contribution in [0.3, 0.4) is 0 Å². The van der Waals surface area contributed by atoms with Gasteiger partial charge in [-0.25, -0.2) is 24.7 Å². The van der Waals surface area contributed by atoms with Gasteiger partial charge in [-0.05, 0) is 31.9 Å². The van der Waals surface area contributed by atoms with Gasteiger partial charge in [0.2, 0.25) is 11.9 Å². The van der Waals surface area contributed by atoms with Crippen LogP contribution < -0.4 is 21.5 Å². The standard InChI is InChI=1S/C24H24F3N9O3/c1-13(36-12-30-19-18(36)21(38)34(3)23(39)33(19)2)20(37)32-17-8-4-6-15(31-17)14-10-28-22(29-11-14)35-9-5-7-16(35)24(25,26)27/h4,6,8,10-13,16H,5,7,9H2,1-3H3,(H,31,32,37)/t13-,16-/m0/s1. The predicted octanol–water partition coefficient (Wildman–Crippen LogP) is 2.02. The molecule has 0 spiro atoms. The fourth-order valence-electron chi connectivity index (χ4n) is 4.63. The zero-order chi connectivity index (χ0) is 28.1. The van der Waals surface area contributed by atoms with E-state index in [2.05, 4.69) is 25.3 Å². The van der Waals surface area contributed by atoms with E-state index in [0.717, 1.165) is 9.47 Å². The molecule has 0 saturated carbocycles. The van der Waals surface area contributed by atoms with Crippen molar-refractivity contribution in [3.63, 3.8) is 0 Å². The zero-order valence-electron chi connectivity index (χ0n) is 21.2. The molecule has 1 fully saturated rings. The van der Waals surface area contributed by atoms with Crippen LogP contribution in [-0.2, 0) is 18.9 Å². The lowest BCUT2D eigenvalue weighted by Crippen LogP contribution is -2.42. The van der Waals surface area contributed by atoms with Crippen molar-refractivity contribution in [3.05, 3.63) is 57.8 Å². The van der Waals surface area contributed by atoms with E-state index in [0.29, 0.717) is 17.7 Å². The molecule has 1 aliphatic rings. The Morgan fingerprint density at radius 2 is 1.82 bits per heavy atom. The van der Waals surface area contributed by atoms with Crippen molar-refractivity contribution in [1.82, 2.24) is 33.6 Å². The SMILES string of the molecule is C[C@@H](C(=O)Nc1cccc(-c2cnc(N3CCC[C@H]3C(F)(F)F)nc2)n1)n1cnc2c1c(=O)n(C)c(=O)n2C. The number of alkyl halides is 3. The Bertz CT molecular complexity index is 1670. The normalized spacial score (nSPS) is 16.6. The van der Waals surface area contributed by atoms with Crippen LogP contribution in [0.15, 0.2) is 46.5 Å². The summed E-state index contributed by atoms with van der Waals surface area (Å²) in [6.07, 6.45) is 0.139. The van der Waals surface area contributed by atoms with Crippen molar-refractivity contribution < 1.29 is 18.0 Å². The van der Waals surface area contributed by atoms with Crippen molar-refractivity contribution in [2.24, 2.45) is 14.1 Å². The van der Waals surface area contributed by atoms with E-state index in [1.165, 1.54) is 42.0 Å². The zero-order valence-corrected chi connectivity index (χ0v) is 21.2. The summed E-state index contributed by atoms with van der Waals surface area (Å²) in [6, 6.07) is 2.37. The summed E-state index contributed by atoms with van der Waals surface area (Å²) in [4.78, 5) is 55.9. The monoisotopic (exact) mass is 543 g/mol. The molecule has 5 heterocycles. The van der Waals surface area contributed by atoms with Gasteiger partial charge in [-0.3, -0.25) is 18.7 Å². The molecule has 15 heteroatoms. The first-order valence-electron chi connectivity index (χ1n) is 12.0. The molecule has 204 valence electrons. The van der Waals surface area contributed by atoms with E-state index >= 15 is 0 Å². The molecule has 5 rings (SSSR count). The number of halogens is 3. The minimum absolute atomic E-state index is 0.00209.